The standard InChI is InChI=1S/C7H12N4S/c1-5(2)11-7(3-6(8)12)9-4-10-11/h4-5H,3H2,1-2H3,(H2,8,12). The number of thiocarbonyl (C=S) groups is 1. The highest BCUT2D eigenvalue weighted by Crippen LogP contribution is 2.05. The molecule has 4 nitrogen and oxygen atoms in total. The highest BCUT2D eigenvalue weighted by Gasteiger charge is 2.07. The number of nitrogens with zero attached hydrogens (tertiary/aromatic N) is 3. The minimum absolute atomic E-state index is 0.303. The minimum Gasteiger partial charge on any atom is -0.393 e. The Balaban J connectivity index is 2.84. The molecule has 12 heavy (non-hydrogen) atoms. The lowest BCUT2D eigenvalue weighted by Gasteiger charge is -2.07. The second kappa shape index (κ2) is 3.62. The summed E-state index contributed by atoms with van der Waals surface area (Å²) in [6.45, 7) is 4.08. The van der Waals surface area contributed by atoms with Crippen molar-refractivity contribution in [3.63, 3.8) is 0 Å². The quantitative estimate of drug-likeness (QED) is 0.702. The predicted octanol–water partition coefficient (Wildman–Crippen LogP) is 0.688. The molecule has 0 bridgehead atoms. The van der Waals surface area contributed by atoms with E-state index in [1.165, 1.54) is 6.33 Å². The number of aromatic nitrogens is 3. The predicted molar refractivity (Wildman–Crippen MR) is 50.9 cm³/mol. The summed E-state index contributed by atoms with van der Waals surface area (Å²) >= 11 is 4.79. The molecule has 0 atom stereocenters. The Morgan fingerprint density at radius 1 is 1.75 bits per heavy atom. The highest BCUT2D eigenvalue weighted by atomic mass is 32.1. The van der Waals surface area contributed by atoms with Crippen LogP contribution in [0.2, 0.25) is 0 Å². The van der Waals surface area contributed by atoms with Gasteiger partial charge in [-0.05, 0) is 13.8 Å². The fourth-order valence-electron chi connectivity index (χ4n) is 0.988. The third-order valence-corrected chi connectivity index (χ3v) is 1.61. The van der Waals surface area contributed by atoms with Crippen LogP contribution < -0.4 is 5.73 Å². The summed E-state index contributed by atoms with van der Waals surface area (Å²) < 4.78 is 1.82. The van der Waals surface area contributed by atoms with Crippen LogP contribution in [-0.4, -0.2) is 19.8 Å². The van der Waals surface area contributed by atoms with Gasteiger partial charge in [0.25, 0.3) is 0 Å². The van der Waals surface area contributed by atoms with Crippen LogP contribution in [0.3, 0.4) is 0 Å². The molecule has 0 amide bonds. The molecule has 1 rings (SSSR count). The molecule has 5 heteroatoms. The summed E-state index contributed by atoms with van der Waals surface area (Å²) in [5, 5.41) is 4.06. The number of hydrogen-bond acceptors (Lipinski definition) is 3. The van der Waals surface area contributed by atoms with Gasteiger partial charge in [-0.15, -0.1) is 0 Å². The van der Waals surface area contributed by atoms with Crippen molar-refractivity contribution in [2.75, 3.05) is 0 Å². The van der Waals surface area contributed by atoms with Crippen molar-refractivity contribution >= 4 is 17.2 Å². The van der Waals surface area contributed by atoms with Gasteiger partial charge in [0.15, 0.2) is 0 Å². The second-order valence-electron chi connectivity index (χ2n) is 2.86. The minimum atomic E-state index is 0.303. The monoisotopic (exact) mass is 184 g/mol. The number of nitrogens with two attached hydrogens (primary N) is 1. The van der Waals surface area contributed by atoms with Gasteiger partial charge in [0.1, 0.15) is 12.2 Å². The van der Waals surface area contributed by atoms with E-state index in [1.54, 1.807) is 0 Å². The molecule has 1 heterocycles. The Hall–Kier alpha value is -0.970. The van der Waals surface area contributed by atoms with Crippen LogP contribution in [-0.2, 0) is 6.42 Å². The first-order valence-electron chi connectivity index (χ1n) is 3.78. The smallest absolute Gasteiger partial charge is 0.138 e. The summed E-state index contributed by atoms with van der Waals surface area (Å²) in [4.78, 5) is 4.51. The molecule has 2 N–H and O–H groups in total. The van der Waals surface area contributed by atoms with Crippen LogP contribution in [0.25, 0.3) is 0 Å². The van der Waals surface area contributed by atoms with Crippen molar-refractivity contribution in [1.82, 2.24) is 14.8 Å². The molecular weight excluding hydrogens is 172 g/mol. The Kier molecular flexibility index (Phi) is 2.75. The molecule has 0 saturated heterocycles. The lowest BCUT2D eigenvalue weighted by Crippen LogP contribution is -2.17. The third kappa shape index (κ3) is 2.01. The van der Waals surface area contributed by atoms with Crippen molar-refractivity contribution in [2.24, 2.45) is 5.73 Å². The average Bonchev–Trinajstić information content (AvgIpc) is 2.33. The molecule has 66 valence electrons. The molecule has 0 radical (unpaired) electrons. The van der Waals surface area contributed by atoms with E-state index in [4.69, 9.17) is 18.0 Å². The van der Waals surface area contributed by atoms with Gasteiger partial charge in [0.2, 0.25) is 0 Å². The largest absolute Gasteiger partial charge is 0.393 e. The Morgan fingerprint density at radius 2 is 2.42 bits per heavy atom. The number of hydrogen-bond donors (Lipinski definition) is 1. The van der Waals surface area contributed by atoms with E-state index in [2.05, 4.69) is 10.1 Å². The first-order chi connectivity index (χ1) is 5.61. The molecule has 1 aromatic rings. The summed E-state index contributed by atoms with van der Waals surface area (Å²) in [5.41, 5.74) is 5.40. The number of rotatable bonds is 3. The van der Waals surface area contributed by atoms with Crippen molar-refractivity contribution < 1.29 is 0 Å². The van der Waals surface area contributed by atoms with E-state index in [0.717, 1.165) is 5.82 Å². The fraction of sp³-hybridized carbons (Fsp3) is 0.571. The zero-order valence-corrected chi connectivity index (χ0v) is 8.01. The van der Waals surface area contributed by atoms with E-state index < -0.39 is 0 Å². The second-order valence-corrected chi connectivity index (χ2v) is 3.38. The zero-order chi connectivity index (χ0) is 9.14. The molecule has 0 aliphatic rings. The normalized spacial score (nSPS) is 10.6. The molecular formula is C7H12N4S. The van der Waals surface area contributed by atoms with E-state index in [-0.39, 0.29) is 0 Å². The average molecular weight is 184 g/mol. The van der Waals surface area contributed by atoms with E-state index in [1.807, 2.05) is 18.5 Å². The first-order valence-corrected chi connectivity index (χ1v) is 4.18. The highest BCUT2D eigenvalue weighted by molar-refractivity contribution is 7.80. The maximum Gasteiger partial charge on any atom is 0.138 e. The summed E-state index contributed by atoms with van der Waals surface area (Å²) in [7, 11) is 0. The molecule has 0 aliphatic carbocycles. The van der Waals surface area contributed by atoms with Crippen molar-refractivity contribution in [3.05, 3.63) is 12.2 Å². The SMILES string of the molecule is CC(C)n1ncnc1CC(N)=S. The maximum atomic E-state index is 5.40. The summed E-state index contributed by atoms with van der Waals surface area (Å²) in [6, 6.07) is 0.303. The van der Waals surface area contributed by atoms with Gasteiger partial charge in [-0.2, -0.15) is 5.10 Å². The molecule has 0 fully saturated rings. The van der Waals surface area contributed by atoms with Crippen LogP contribution in [0.15, 0.2) is 6.33 Å². The fourth-order valence-corrected chi connectivity index (χ4v) is 1.12. The van der Waals surface area contributed by atoms with Gasteiger partial charge in [0.05, 0.1) is 11.4 Å². The van der Waals surface area contributed by atoms with Crippen molar-refractivity contribution in [3.8, 4) is 0 Å². The van der Waals surface area contributed by atoms with Gasteiger partial charge in [-0.1, -0.05) is 12.2 Å². The molecule has 1 aromatic heterocycles. The van der Waals surface area contributed by atoms with E-state index in [0.29, 0.717) is 17.5 Å². The third-order valence-electron chi connectivity index (χ3n) is 1.47. The van der Waals surface area contributed by atoms with Crippen molar-refractivity contribution in [1.29, 1.82) is 0 Å². The van der Waals surface area contributed by atoms with Crippen LogP contribution >= 0.6 is 12.2 Å². The van der Waals surface area contributed by atoms with Crippen molar-refractivity contribution in [2.45, 2.75) is 26.3 Å². The van der Waals surface area contributed by atoms with Crippen LogP contribution in [0.1, 0.15) is 25.7 Å². The Labute approximate surface area is 76.8 Å². The zero-order valence-electron chi connectivity index (χ0n) is 7.19. The first kappa shape index (κ1) is 9.12. The van der Waals surface area contributed by atoms with Crippen LogP contribution in [0.5, 0.6) is 0 Å². The molecule has 0 aromatic carbocycles. The Morgan fingerprint density at radius 3 is 2.92 bits per heavy atom. The lowest BCUT2D eigenvalue weighted by molar-refractivity contribution is 0.513. The van der Waals surface area contributed by atoms with Gasteiger partial charge in [-0.3, -0.25) is 0 Å². The molecule has 0 aliphatic heterocycles. The molecule has 0 unspecified atom stereocenters. The van der Waals surface area contributed by atoms with E-state index >= 15 is 0 Å². The van der Waals surface area contributed by atoms with Gasteiger partial charge in [0, 0.05) is 6.04 Å². The topological polar surface area (TPSA) is 56.7 Å². The van der Waals surface area contributed by atoms with E-state index in [9.17, 15) is 0 Å². The van der Waals surface area contributed by atoms with Gasteiger partial charge >= 0.3 is 0 Å². The Bertz CT molecular complexity index is 279. The van der Waals surface area contributed by atoms with Crippen LogP contribution in [0, 0.1) is 0 Å². The maximum absolute atomic E-state index is 5.40. The summed E-state index contributed by atoms with van der Waals surface area (Å²) in [5.74, 6) is 0.831. The summed E-state index contributed by atoms with van der Waals surface area (Å²) in [6.07, 6.45) is 2.04. The molecule has 0 saturated carbocycles. The van der Waals surface area contributed by atoms with Gasteiger partial charge in [-0.25, -0.2) is 9.67 Å². The molecule has 0 spiro atoms. The van der Waals surface area contributed by atoms with Gasteiger partial charge < -0.3 is 5.73 Å². The van der Waals surface area contributed by atoms with Crippen LogP contribution in [0.4, 0.5) is 0 Å². The lowest BCUT2D eigenvalue weighted by atomic mass is 10.3.